The maximum absolute atomic E-state index is 11.9. The molecule has 2 aromatic rings. The molecule has 6 heteroatoms. The lowest BCUT2D eigenvalue weighted by molar-refractivity contribution is 0.0527. The molecule has 0 radical (unpaired) electrons. The summed E-state index contributed by atoms with van der Waals surface area (Å²) >= 11 is 3.44. The highest BCUT2D eigenvalue weighted by molar-refractivity contribution is 9.10. The van der Waals surface area contributed by atoms with E-state index in [1.54, 1.807) is 21.1 Å². The van der Waals surface area contributed by atoms with Crippen LogP contribution in [0, 0.1) is 0 Å². The summed E-state index contributed by atoms with van der Waals surface area (Å²) in [6, 6.07) is 3.69. The van der Waals surface area contributed by atoms with Crippen LogP contribution < -0.4 is 10.1 Å². The Bertz CT molecular complexity index is 658. The van der Waals surface area contributed by atoms with Crippen molar-refractivity contribution in [1.29, 1.82) is 0 Å². The fourth-order valence-electron chi connectivity index (χ4n) is 1.98. The van der Waals surface area contributed by atoms with Crippen molar-refractivity contribution < 1.29 is 14.3 Å². The first-order chi connectivity index (χ1) is 9.62. The highest BCUT2D eigenvalue weighted by Crippen LogP contribution is 2.34. The molecule has 20 heavy (non-hydrogen) atoms. The van der Waals surface area contributed by atoms with E-state index in [4.69, 9.17) is 9.47 Å². The third-order valence-corrected chi connectivity index (χ3v) is 3.51. The molecule has 0 saturated heterocycles. The third kappa shape index (κ3) is 2.56. The van der Waals surface area contributed by atoms with Crippen LogP contribution in [0.1, 0.15) is 17.3 Å². The Morgan fingerprint density at radius 2 is 2.20 bits per heavy atom. The number of carbonyl (C=O) groups excluding carboxylic acids is 1. The van der Waals surface area contributed by atoms with Gasteiger partial charge in [-0.2, -0.15) is 0 Å². The summed E-state index contributed by atoms with van der Waals surface area (Å²) in [4.78, 5) is 16.2. The minimum Gasteiger partial charge on any atom is -0.495 e. The Balaban J connectivity index is 2.67. The molecule has 1 aromatic carbocycles. The Kier molecular flexibility index (Phi) is 4.44. The number of hydrogen-bond donors (Lipinski definition) is 1. The van der Waals surface area contributed by atoms with Crippen molar-refractivity contribution >= 4 is 38.5 Å². The second kappa shape index (κ2) is 6.09. The summed E-state index contributed by atoms with van der Waals surface area (Å²) in [5.74, 6) is 0.300. The average molecular weight is 339 g/mol. The van der Waals surface area contributed by atoms with Crippen molar-refractivity contribution in [2.45, 2.75) is 6.92 Å². The van der Waals surface area contributed by atoms with Crippen LogP contribution in [0.4, 0.5) is 5.69 Å². The van der Waals surface area contributed by atoms with Gasteiger partial charge in [0, 0.05) is 24.7 Å². The highest BCUT2D eigenvalue weighted by Gasteiger charge is 2.17. The first kappa shape index (κ1) is 14.6. The summed E-state index contributed by atoms with van der Waals surface area (Å²) in [7, 11) is 3.35. The quantitative estimate of drug-likeness (QED) is 0.867. The third-order valence-electron chi connectivity index (χ3n) is 2.89. The van der Waals surface area contributed by atoms with Crippen LogP contribution in [-0.2, 0) is 4.74 Å². The van der Waals surface area contributed by atoms with Gasteiger partial charge < -0.3 is 14.8 Å². The second-order valence-corrected chi connectivity index (χ2v) is 4.88. The smallest absolute Gasteiger partial charge is 0.341 e. The number of methoxy groups -OCH3 is 1. The van der Waals surface area contributed by atoms with Gasteiger partial charge in [-0.05, 0) is 28.9 Å². The van der Waals surface area contributed by atoms with E-state index >= 15 is 0 Å². The number of rotatable bonds is 4. The molecule has 0 saturated carbocycles. The number of hydrogen-bond acceptors (Lipinski definition) is 5. The molecule has 1 heterocycles. The van der Waals surface area contributed by atoms with Crippen LogP contribution in [-0.4, -0.2) is 31.7 Å². The number of nitrogens with one attached hydrogen (secondary N) is 1. The molecule has 106 valence electrons. The Morgan fingerprint density at radius 3 is 2.80 bits per heavy atom. The molecule has 0 spiro atoms. The first-order valence-electron chi connectivity index (χ1n) is 6.13. The highest BCUT2D eigenvalue weighted by atomic mass is 79.9. The van der Waals surface area contributed by atoms with Crippen molar-refractivity contribution in [3.63, 3.8) is 0 Å². The molecule has 0 aliphatic carbocycles. The van der Waals surface area contributed by atoms with E-state index in [1.807, 2.05) is 12.1 Å². The van der Waals surface area contributed by atoms with Gasteiger partial charge in [0.1, 0.15) is 11.3 Å². The number of fused-ring (bicyclic) bond motifs is 1. The molecule has 0 fully saturated rings. The summed E-state index contributed by atoms with van der Waals surface area (Å²) in [5, 5.41) is 3.86. The summed E-state index contributed by atoms with van der Waals surface area (Å²) in [5.41, 5.74) is 1.85. The van der Waals surface area contributed by atoms with E-state index in [-0.39, 0.29) is 0 Å². The predicted molar refractivity (Wildman–Crippen MR) is 81.5 cm³/mol. The van der Waals surface area contributed by atoms with E-state index in [9.17, 15) is 4.79 Å². The SMILES string of the molecule is CCOC(=O)c1cnc2cc(OC)c(Br)cc2c1NC. The number of ether oxygens (including phenoxy) is 2. The number of anilines is 1. The van der Waals surface area contributed by atoms with Crippen LogP contribution in [0.25, 0.3) is 10.9 Å². The van der Waals surface area contributed by atoms with Crippen LogP contribution >= 0.6 is 15.9 Å². The van der Waals surface area contributed by atoms with Crippen molar-refractivity contribution in [2.24, 2.45) is 0 Å². The molecule has 2 rings (SSSR count). The molecule has 0 amide bonds. The van der Waals surface area contributed by atoms with Gasteiger partial charge in [0.2, 0.25) is 0 Å². The largest absolute Gasteiger partial charge is 0.495 e. The van der Waals surface area contributed by atoms with Gasteiger partial charge in [-0.25, -0.2) is 4.79 Å². The monoisotopic (exact) mass is 338 g/mol. The minimum absolute atomic E-state index is 0.326. The number of halogens is 1. The van der Waals surface area contributed by atoms with Gasteiger partial charge in [-0.3, -0.25) is 4.98 Å². The van der Waals surface area contributed by atoms with Crippen molar-refractivity contribution in [1.82, 2.24) is 4.98 Å². The topological polar surface area (TPSA) is 60.5 Å². The van der Waals surface area contributed by atoms with Gasteiger partial charge in [0.15, 0.2) is 0 Å². The Labute approximate surface area is 125 Å². The minimum atomic E-state index is -0.391. The van der Waals surface area contributed by atoms with Crippen molar-refractivity contribution in [3.05, 3.63) is 28.4 Å². The molecule has 5 nitrogen and oxygen atoms in total. The van der Waals surface area contributed by atoms with E-state index in [0.29, 0.717) is 23.6 Å². The lowest BCUT2D eigenvalue weighted by atomic mass is 10.1. The van der Waals surface area contributed by atoms with Gasteiger partial charge in [0.25, 0.3) is 0 Å². The van der Waals surface area contributed by atoms with Gasteiger partial charge in [-0.1, -0.05) is 0 Å². The fourth-order valence-corrected chi connectivity index (χ4v) is 2.49. The molecule has 0 aliphatic heterocycles. The molecule has 0 aliphatic rings. The zero-order chi connectivity index (χ0) is 14.7. The maximum Gasteiger partial charge on any atom is 0.341 e. The number of aromatic nitrogens is 1. The Hall–Kier alpha value is -1.82. The number of esters is 1. The second-order valence-electron chi connectivity index (χ2n) is 4.02. The Morgan fingerprint density at radius 1 is 1.45 bits per heavy atom. The van der Waals surface area contributed by atoms with E-state index in [1.165, 1.54) is 6.20 Å². The molecule has 0 bridgehead atoms. The first-order valence-corrected chi connectivity index (χ1v) is 6.92. The normalized spacial score (nSPS) is 10.4. The van der Waals surface area contributed by atoms with Crippen LogP contribution in [0.15, 0.2) is 22.8 Å². The number of benzene rings is 1. The van der Waals surface area contributed by atoms with Crippen molar-refractivity contribution in [2.75, 3.05) is 26.1 Å². The molecule has 0 unspecified atom stereocenters. The van der Waals surface area contributed by atoms with Gasteiger partial charge in [0.05, 0.1) is 29.4 Å². The average Bonchev–Trinajstić information content (AvgIpc) is 2.45. The van der Waals surface area contributed by atoms with E-state index in [2.05, 4.69) is 26.2 Å². The molecule has 1 aromatic heterocycles. The van der Waals surface area contributed by atoms with Gasteiger partial charge in [-0.15, -0.1) is 0 Å². The summed E-state index contributed by atoms with van der Waals surface area (Å²) in [6.07, 6.45) is 1.51. The lowest BCUT2D eigenvalue weighted by Crippen LogP contribution is -2.09. The fraction of sp³-hybridized carbons (Fsp3) is 0.286. The standard InChI is InChI=1S/C14H15BrN2O3/c1-4-20-14(18)9-7-17-11-6-12(19-3)10(15)5-8(11)13(9)16-2/h5-7H,4H2,1-3H3,(H,16,17). The summed E-state index contributed by atoms with van der Waals surface area (Å²) < 4.78 is 11.1. The predicted octanol–water partition coefficient (Wildman–Crippen LogP) is 3.22. The van der Waals surface area contributed by atoms with E-state index in [0.717, 1.165) is 15.4 Å². The van der Waals surface area contributed by atoms with Crippen LogP contribution in [0.2, 0.25) is 0 Å². The zero-order valence-corrected chi connectivity index (χ0v) is 13.1. The van der Waals surface area contributed by atoms with Crippen LogP contribution in [0.5, 0.6) is 5.75 Å². The molecular weight excluding hydrogens is 324 g/mol. The van der Waals surface area contributed by atoms with Crippen molar-refractivity contribution in [3.8, 4) is 5.75 Å². The van der Waals surface area contributed by atoms with Gasteiger partial charge >= 0.3 is 5.97 Å². The summed E-state index contributed by atoms with van der Waals surface area (Å²) in [6.45, 7) is 2.10. The lowest BCUT2D eigenvalue weighted by Gasteiger charge is -2.13. The zero-order valence-electron chi connectivity index (χ0n) is 11.5. The maximum atomic E-state index is 11.9. The van der Waals surface area contributed by atoms with E-state index < -0.39 is 5.97 Å². The molecular formula is C14H15BrN2O3. The van der Waals surface area contributed by atoms with Crippen LogP contribution in [0.3, 0.4) is 0 Å². The molecule has 1 N–H and O–H groups in total. The number of nitrogens with zero attached hydrogens (tertiary/aromatic N) is 1. The molecule has 0 atom stereocenters. The number of pyridine rings is 1. The number of carbonyl (C=O) groups is 1.